The Morgan fingerprint density at radius 3 is 2.81 bits per heavy atom. The molecule has 1 aliphatic heterocycles. The molecule has 3 rings (SSSR count). The Morgan fingerprint density at radius 2 is 2.19 bits per heavy atom. The summed E-state index contributed by atoms with van der Waals surface area (Å²) in [5, 5.41) is 13.7. The predicted molar refractivity (Wildman–Crippen MR) is 77.0 cm³/mol. The van der Waals surface area contributed by atoms with Gasteiger partial charge in [-0.3, -0.25) is 14.9 Å². The molecule has 1 aromatic rings. The average molecular weight is 290 g/mol. The van der Waals surface area contributed by atoms with Gasteiger partial charge in [0.2, 0.25) is 5.91 Å². The van der Waals surface area contributed by atoms with Crippen molar-refractivity contribution >= 4 is 17.4 Å². The molecule has 1 N–H and O–H groups in total. The minimum atomic E-state index is -0.459. The van der Waals surface area contributed by atoms with Crippen LogP contribution in [0.1, 0.15) is 25.7 Å². The van der Waals surface area contributed by atoms with E-state index in [4.69, 9.17) is 0 Å². The lowest BCUT2D eigenvalue weighted by Gasteiger charge is -2.32. The Bertz CT molecular complexity index is 542. The van der Waals surface area contributed by atoms with Crippen LogP contribution in [0.15, 0.2) is 18.3 Å². The first-order valence-corrected chi connectivity index (χ1v) is 7.29. The maximum absolute atomic E-state index is 12.1. The highest BCUT2D eigenvalue weighted by Gasteiger charge is 2.30. The van der Waals surface area contributed by atoms with Crippen LogP contribution in [-0.2, 0) is 4.79 Å². The number of amides is 1. The molecule has 1 aliphatic carbocycles. The molecule has 2 fully saturated rings. The summed E-state index contributed by atoms with van der Waals surface area (Å²) in [6, 6.07) is 3.49. The highest BCUT2D eigenvalue weighted by molar-refractivity contribution is 5.80. The molecule has 0 spiro atoms. The molecule has 0 radical (unpaired) electrons. The molecule has 2 aliphatic rings. The zero-order chi connectivity index (χ0) is 14.8. The van der Waals surface area contributed by atoms with Crippen molar-refractivity contribution in [2.75, 3.05) is 18.0 Å². The normalized spacial score (nSPS) is 21.9. The summed E-state index contributed by atoms with van der Waals surface area (Å²) >= 11 is 0. The number of piperidine rings is 1. The molecule has 1 saturated carbocycles. The van der Waals surface area contributed by atoms with E-state index in [0.29, 0.717) is 18.4 Å². The second-order valence-corrected chi connectivity index (χ2v) is 5.70. The lowest BCUT2D eigenvalue weighted by Crippen LogP contribution is -2.43. The first-order chi connectivity index (χ1) is 10.1. The van der Waals surface area contributed by atoms with Crippen LogP contribution in [0.5, 0.6) is 0 Å². The van der Waals surface area contributed by atoms with Crippen molar-refractivity contribution in [1.29, 1.82) is 0 Å². The molecule has 1 saturated heterocycles. The molecule has 21 heavy (non-hydrogen) atoms. The summed E-state index contributed by atoms with van der Waals surface area (Å²) in [7, 11) is 0. The molecule has 7 nitrogen and oxygen atoms in total. The predicted octanol–water partition coefficient (Wildman–Crippen LogP) is 1.48. The second kappa shape index (κ2) is 5.67. The fraction of sp³-hybridized carbons (Fsp3) is 0.571. The van der Waals surface area contributed by atoms with Crippen LogP contribution in [-0.4, -0.2) is 34.9 Å². The van der Waals surface area contributed by atoms with E-state index < -0.39 is 4.92 Å². The number of nitro groups is 1. The Hall–Kier alpha value is -2.18. The van der Waals surface area contributed by atoms with Gasteiger partial charge >= 0.3 is 0 Å². The number of carbonyl (C=O) groups excluding carboxylic acids is 1. The van der Waals surface area contributed by atoms with Crippen LogP contribution in [0.25, 0.3) is 0 Å². The Kier molecular flexibility index (Phi) is 3.72. The third kappa shape index (κ3) is 3.29. The molecule has 0 aromatic carbocycles. The van der Waals surface area contributed by atoms with Crippen molar-refractivity contribution in [3.05, 3.63) is 28.4 Å². The molecule has 0 bridgehead atoms. The summed E-state index contributed by atoms with van der Waals surface area (Å²) < 4.78 is 0. The van der Waals surface area contributed by atoms with Gasteiger partial charge in [0.1, 0.15) is 12.0 Å². The Morgan fingerprint density at radius 1 is 1.38 bits per heavy atom. The molecule has 0 unspecified atom stereocenters. The fourth-order valence-electron chi connectivity index (χ4n) is 2.62. The zero-order valence-electron chi connectivity index (χ0n) is 11.7. The molecular weight excluding hydrogens is 272 g/mol. The van der Waals surface area contributed by atoms with E-state index in [1.54, 1.807) is 6.07 Å². The lowest BCUT2D eigenvalue weighted by atomic mass is 9.97. The van der Waals surface area contributed by atoms with E-state index >= 15 is 0 Å². The van der Waals surface area contributed by atoms with Crippen LogP contribution in [0.4, 0.5) is 11.5 Å². The van der Waals surface area contributed by atoms with Crippen LogP contribution in [0, 0.1) is 16.0 Å². The number of hydrogen-bond acceptors (Lipinski definition) is 5. The number of nitrogens with zero attached hydrogens (tertiary/aromatic N) is 3. The largest absolute Gasteiger partial charge is 0.356 e. The number of rotatable bonds is 4. The maximum atomic E-state index is 12.1. The summed E-state index contributed by atoms with van der Waals surface area (Å²) in [4.78, 5) is 28.5. The minimum Gasteiger partial charge on any atom is -0.356 e. The quantitative estimate of drug-likeness (QED) is 0.670. The SMILES string of the molecule is O=C(NC1CC1)[C@H]1CCCN(c2ccc([N+](=O)[O-])cn2)C1. The van der Waals surface area contributed by atoms with Crippen LogP contribution in [0.2, 0.25) is 0 Å². The van der Waals surface area contributed by atoms with Gasteiger partial charge in [0.05, 0.1) is 10.8 Å². The molecule has 7 heteroatoms. The number of pyridine rings is 1. The molecule has 2 heterocycles. The average Bonchev–Trinajstić information content (AvgIpc) is 3.31. The summed E-state index contributed by atoms with van der Waals surface area (Å²) in [5.41, 5.74) is -0.0150. The third-order valence-corrected chi connectivity index (χ3v) is 3.98. The van der Waals surface area contributed by atoms with Crippen molar-refractivity contribution < 1.29 is 9.72 Å². The van der Waals surface area contributed by atoms with Gasteiger partial charge in [-0.2, -0.15) is 0 Å². The number of aromatic nitrogens is 1. The smallest absolute Gasteiger partial charge is 0.287 e. The van der Waals surface area contributed by atoms with Crippen molar-refractivity contribution in [2.45, 2.75) is 31.7 Å². The van der Waals surface area contributed by atoms with Gasteiger partial charge in [0.15, 0.2) is 0 Å². The highest BCUT2D eigenvalue weighted by Crippen LogP contribution is 2.25. The van der Waals surface area contributed by atoms with E-state index in [0.717, 1.165) is 32.2 Å². The lowest BCUT2D eigenvalue weighted by molar-refractivity contribution is -0.385. The van der Waals surface area contributed by atoms with Crippen molar-refractivity contribution in [1.82, 2.24) is 10.3 Å². The monoisotopic (exact) mass is 290 g/mol. The van der Waals surface area contributed by atoms with Crippen molar-refractivity contribution in [3.8, 4) is 0 Å². The van der Waals surface area contributed by atoms with Gasteiger partial charge in [-0.15, -0.1) is 0 Å². The Balaban J connectivity index is 1.64. The molecular formula is C14H18N4O3. The fourth-order valence-corrected chi connectivity index (χ4v) is 2.62. The molecule has 112 valence electrons. The first kappa shape index (κ1) is 13.8. The molecule has 1 aromatic heterocycles. The Labute approximate surface area is 122 Å². The minimum absolute atomic E-state index is 0.0150. The second-order valence-electron chi connectivity index (χ2n) is 5.70. The van der Waals surface area contributed by atoms with E-state index in [9.17, 15) is 14.9 Å². The van der Waals surface area contributed by atoms with Gasteiger partial charge in [-0.05, 0) is 31.7 Å². The number of nitrogens with one attached hydrogen (secondary N) is 1. The topological polar surface area (TPSA) is 88.4 Å². The van der Waals surface area contributed by atoms with Crippen LogP contribution >= 0.6 is 0 Å². The van der Waals surface area contributed by atoms with Gasteiger partial charge < -0.3 is 10.2 Å². The van der Waals surface area contributed by atoms with Crippen LogP contribution in [0.3, 0.4) is 0 Å². The molecule has 1 atom stereocenters. The number of anilines is 1. The van der Waals surface area contributed by atoms with E-state index in [2.05, 4.69) is 10.3 Å². The summed E-state index contributed by atoms with van der Waals surface area (Å²) in [5.74, 6) is 0.810. The summed E-state index contributed by atoms with van der Waals surface area (Å²) in [6.45, 7) is 1.46. The van der Waals surface area contributed by atoms with Gasteiger partial charge in [0.25, 0.3) is 5.69 Å². The van der Waals surface area contributed by atoms with E-state index in [1.807, 2.05) is 4.90 Å². The van der Waals surface area contributed by atoms with Crippen LogP contribution < -0.4 is 10.2 Å². The summed E-state index contributed by atoms with van der Waals surface area (Å²) in [6.07, 6.45) is 5.27. The standard InChI is InChI=1S/C14H18N4O3/c19-14(16-11-3-4-11)10-2-1-7-17(9-10)13-6-5-12(8-15-13)18(20)21/h5-6,8,10-11H,1-4,7,9H2,(H,16,19)/t10-/m0/s1. The molecule has 1 amide bonds. The van der Waals surface area contributed by atoms with E-state index in [-0.39, 0.29) is 17.5 Å². The number of carbonyl (C=O) groups is 1. The highest BCUT2D eigenvalue weighted by atomic mass is 16.6. The van der Waals surface area contributed by atoms with Gasteiger partial charge in [-0.1, -0.05) is 0 Å². The first-order valence-electron chi connectivity index (χ1n) is 7.29. The number of hydrogen-bond donors (Lipinski definition) is 1. The maximum Gasteiger partial charge on any atom is 0.287 e. The van der Waals surface area contributed by atoms with Crippen molar-refractivity contribution in [2.24, 2.45) is 5.92 Å². The zero-order valence-corrected chi connectivity index (χ0v) is 11.7. The van der Waals surface area contributed by atoms with E-state index in [1.165, 1.54) is 12.3 Å². The van der Waals surface area contributed by atoms with Gasteiger partial charge in [-0.25, -0.2) is 4.98 Å². The van der Waals surface area contributed by atoms with Gasteiger partial charge in [0, 0.05) is 25.2 Å². The third-order valence-electron chi connectivity index (χ3n) is 3.98. The van der Waals surface area contributed by atoms with Crippen molar-refractivity contribution in [3.63, 3.8) is 0 Å².